The van der Waals surface area contributed by atoms with Gasteiger partial charge in [-0.15, -0.1) is 0 Å². The van der Waals surface area contributed by atoms with Gasteiger partial charge in [-0.25, -0.2) is 18.4 Å². The maximum absolute atomic E-state index is 12.3. The van der Waals surface area contributed by atoms with Gasteiger partial charge in [-0.1, -0.05) is 0 Å². The highest BCUT2D eigenvalue weighted by Crippen LogP contribution is 2.39. The zero-order valence-electron chi connectivity index (χ0n) is 14.8. The average Bonchev–Trinajstić information content (AvgIpc) is 3.24. The van der Waals surface area contributed by atoms with Crippen LogP contribution in [0.2, 0.25) is 0 Å². The van der Waals surface area contributed by atoms with Gasteiger partial charge in [-0.2, -0.15) is 8.68 Å². The van der Waals surface area contributed by atoms with E-state index in [9.17, 15) is 13.2 Å². The molecule has 0 bridgehead atoms. The molecule has 26 heavy (non-hydrogen) atoms. The number of amides is 1. The number of hydrogen-bond donors (Lipinski definition) is 0. The van der Waals surface area contributed by atoms with E-state index < -0.39 is 16.1 Å². The third-order valence-electron chi connectivity index (χ3n) is 4.83. The van der Waals surface area contributed by atoms with Crippen LogP contribution in [-0.4, -0.2) is 56.9 Å². The first kappa shape index (κ1) is 17.6. The Labute approximate surface area is 155 Å². The topological polar surface area (TPSA) is 101 Å². The molecule has 0 saturated carbocycles. The second kappa shape index (κ2) is 6.10. The van der Waals surface area contributed by atoms with Crippen molar-refractivity contribution in [3.63, 3.8) is 0 Å². The predicted octanol–water partition coefficient (Wildman–Crippen LogP) is 1.17. The molecule has 1 saturated heterocycles. The van der Waals surface area contributed by atoms with Crippen LogP contribution in [0.3, 0.4) is 0 Å². The third kappa shape index (κ3) is 2.74. The SMILES string of the molecule is Cc1nsc(-c2nc(N3CCCC3=O)c3n2CCN(S(C)(=O)=O)[C@@H]3C)n1. The fraction of sp³-hybridized carbons (Fsp3) is 0.600. The summed E-state index contributed by atoms with van der Waals surface area (Å²) in [5.74, 6) is 1.90. The van der Waals surface area contributed by atoms with Gasteiger partial charge in [0.05, 0.1) is 18.0 Å². The number of carbonyl (C=O) groups excluding carboxylic acids is 1. The minimum absolute atomic E-state index is 0.0228. The average molecular weight is 396 g/mol. The van der Waals surface area contributed by atoms with E-state index in [1.165, 1.54) is 22.1 Å². The number of sulfonamides is 1. The van der Waals surface area contributed by atoms with Crippen molar-refractivity contribution in [1.82, 2.24) is 23.2 Å². The lowest BCUT2D eigenvalue weighted by Crippen LogP contribution is -2.41. The molecule has 0 N–H and O–H groups in total. The highest BCUT2D eigenvalue weighted by molar-refractivity contribution is 7.88. The lowest BCUT2D eigenvalue weighted by Gasteiger charge is -2.34. The molecular weight excluding hydrogens is 376 g/mol. The first-order valence-electron chi connectivity index (χ1n) is 8.45. The standard InChI is InChI=1S/C15H20N6O3S2/c1-9-12-13(19-6-4-5-11(19)22)17-14(15-16-10(2)18-25-15)20(12)7-8-21(9)26(3,23)24/h9H,4-8H2,1-3H3/t9-/m1/s1. The van der Waals surface area contributed by atoms with Gasteiger partial charge < -0.3 is 4.57 Å². The van der Waals surface area contributed by atoms with Crippen LogP contribution in [0.15, 0.2) is 0 Å². The number of carbonyl (C=O) groups is 1. The summed E-state index contributed by atoms with van der Waals surface area (Å²) in [7, 11) is -3.36. The largest absolute Gasteiger partial charge is 0.321 e. The van der Waals surface area contributed by atoms with E-state index in [1.807, 2.05) is 18.4 Å². The minimum atomic E-state index is -3.36. The Morgan fingerprint density at radius 1 is 1.19 bits per heavy atom. The molecule has 4 heterocycles. The van der Waals surface area contributed by atoms with Crippen molar-refractivity contribution in [3.8, 4) is 10.8 Å². The Morgan fingerprint density at radius 2 is 1.96 bits per heavy atom. The predicted molar refractivity (Wildman–Crippen MR) is 97.4 cm³/mol. The minimum Gasteiger partial charge on any atom is -0.321 e. The van der Waals surface area contributed by atoms with Gasteiger partial charge >= 0.3 is 0 Å². The van der Waals surface area contributed by atoms with E-state index >= 15 is 0 Å². The van der Waals surface area contributed by atoms with Crippen molar-refractivity contribution < 1.29 is 13.2 Å². The molecule has 1 atom stereocenters. The normalized spacial score (nSPS) is 21.4. The van der Waals surface area contributed by atoms with Gasteiger partial charge in [0, 0.05) is 26.1 Å². The first-order chi connectivity index (χ1) is 12.3. The summed E-state index contributed by atoms with van der Waals surface area (Å²) in [5, 5.41) is 0.682. The molecule has 1 fully saturated rings. The number of aromatic nitrogens is 4. The van der Waals surface area contributed by atoms with Crippen LogP contribution in [-0.2, 0) is 21.4 Å². The molecule has 2 aliphatic heterocycles. The van der Waals surface area contributed by atoms with Gasteiger partial charge in [-0.05, 0) is 31.8 Å². The molecule has 2 aliphatic rings. The van der Waals surface area contributed by atoms with Gasteiger partial charge in [0.15, 0.2) is 16.6 Å². The Bertz CT molecular complexity index is 980. The fourth-order valence-electron chi connectivity index (χ4n) is 3.69. The van der Waals surface area contributed by atoms with E-state index in [0.717, 1.165) is 12.1 Å². The van der Waals surface area contributed by atoms with Gasteiger partial charge in [0.1, 0.15) is 5.82 Å². The van der Waals surface area contributed by atoms with Crippen molar-refractivity contribution >= 4 is 33.3 Å². The summed E-state index contributed by atoms with van der Waals surface area (Å²) in [6.45, 7) is 5.09. The van der Waals surface area contributed by atoms with Gasteiger partial charge in [-0.3, -0.25) is 9.69 Å². The maximum atomic E-state index is 12.3. The number of aryl methyl sites for hydroxylation is 1. The summed E-state index contributed by atoms with van der Waals surface area (Å²) >= 11 is 1.26. The number of anilines is 1. The van der Waals surface area contributed by atoms with Gasteiger partial charge in [0.25, 0.3) is 0 Å². The molecule has 1 amide bonds. The van der Waals surface area contributed by atoms with Crippen LogP contribution < -0.4 is 4.90 Å². The van der Waals surface area contributed by atoms with E-state index in [-0.39, 0.29) is 5.91 Å². The van der Waals surface area contributed by atoms with Gasteiger partial charge in [0.2, 0.25) is 15.9 Å². The molecule has 0 unspecified atom stereocenters. The number of nitrogens with zero attached hydrogens (tertiary/aromatic N) is 6. The third-order valence-corrected chi connectivity index (χ3v) is 6.99. The smallest absolute Gasteiger partial charge is 0.228 e. The molecular formula is C15H20N6O3S2. The molecule has 11 heteroatoms. The molecule has 0 spiro atoms. The molecule has 2 aromatic rings. The summed E-state index contributed by atoms with van der Waals surface area (Å²) in [6.07, 6.45) is 2.48. The zero-order chi connectivity index (χ0) is 18.6. The molecule has 0 aromatic carbocycles. The quantitative estimate of drug-likeness (QED) is 0.772. The summed E-state index contributed by atoms with van der Waals surface area (Å²) < 4.78 is 32.0. The van der Waals surface area contributed by atoms with Crippen LogP contribution in [0.5, 0.6) is 0 Å². The van der Waals surface area contributed by atoms with Crippen LogP contribution >= 0.6 is 11.5 Å². The molecule has 9 nitrogen and oxygen atoms in total. The van der Waals surface area contributed by atoms with Crippen molar-refractivity contribution in [2.75, 3.05) is 24.2 Å². The Kier molecular flexibility index (Phi) is 4.12. The van der Waals surface area contributed by atoms with Crippen LogP contribution in [0.4, 0.5) is 5.82 Å². The van der Waals surface area contributed by atoms with Crippen molar-refractivity contribution in [2.45, 2.75) is 39.3 Å². The maximum Gasteiger partial charge on any atom is 0.228 e. The second-order valence-corrected chi connectivity index (χ2v) is 9.33. The molecule has 2 aromatic heterocycles. The Balaban J connectivity index is 1.89. The van der Waals surface area contributed by atoms with Crippen molar-refractivity contribution in [1.29, 1.82) is 0 Å². The monoisotopic (exact) mass is 396 g/mol. The van der Waals surface area contributed by atoms with Crippen LogP contribution in [0, 0.1) is 6.92 Å². The number of hydrogen-bond acceptors (Lipinski definition) is 7. The molecule has 140 valence electrons. The van der Waals surface area contributed by atoms with Crippen molar-refractivity contribution in [2.24, 2.45) is 0 Å². The summed E-state index contributed by atoms with van der Waals surface area (Å²) in [4.78, 5) is 23.1. The Hall–Kier alpha value is -1.85. The summed E-state index contributed by atoms with van der Waals surface area (Å²) in [6, 6.07) is -0.405. The fourth-order valence-corrected chi connectivity index (χ4v) is 5.45. The second-order valence-electron chi connectivity index (χ2n) is 6.64. The van der Waals surface area contributed by atoms with E-state index in [2.05, 4.69) is 9.36 Å². The van der Waals surface area contributed by atoms with E-state index in [1.54, 1.807) is 4.90 Å². The van der Waals surface area contributed by atoms with E-state index in [0.29, 0.717) is 48.5 Å². The Morgan fingerprint density at radius 3 is 2.54 bits per heavy atom. The zero-order valence-corrected chi connectivity index (χ0v) is 16.5. The number of rotatable bonds is 3. The lowest BCUT2D eigenvalue weighted by molar-refractivity contribution is -0.117. The summed E-state index contributed by atoms with van der Waals surface area (Å²) in [5.41, 5.74) is 0.750. The lowest BCUT2D eigenvalue weighted by atomic mass is 10.2. The van der Waals surface area contributed by atoms with Crippen LogP contribution in [0.1, 0.15) is 37.3 Å². The molecule has 4 rings (SSSR count). The van der Waals surface area contributed by atoms with Crippen LogP contribution in [0.25, 0.3) is 10.8 Å². The highest BCUT2D eigenvalue weighted by atomic mass is 32.2. The highest BCUT2D eigenvalue weighted by Gasteiger charge is 2.38. The van der Waals surface area contributed by atoms with E-state index in [4.69, 9.17) is 4.98 Å². The number of imidazole rings is 1. The first-order valence-corrected chi connectivity index (χ1v) is 11.1. The molecule has 0 aliphatic carbocycles. The van der Waals surface area contributed by atoms with Crippen molar-refractivity contribution in [3.05, 3.63) is 11.5 Å². The number of fused-ring (bicyclic) bond motifs is 1. The molecule has 0 radical (unpaired) electrons.